The zero-order valence-electron chi connectivity index (χ0n) is 8.16. The first-order chi connectivity index (χ1) is 6.76. The summed E-state index contributed by atoms with van der Waals surface area (Å²) in [6, 6.07) is 6.15. The minimum absolute atomic E-state index is 0.604. The number of ether oxygens (including phenoxy) is 1. The number of nitrogens with two attached hydrogens (primary N) is 1. The van der Waals surface area contributed by atoms with E-state index in [0.717, 1.165) is 16.8 Å². The number of benzene rings is 1. The zero-order chi connectivity index (χ0) is 10.1. The molecule has 2 atom stereocenters. The van der Waals surface area contributed by atoms with Gasteiger partial charge in [0.1, 0.15) is 5.75 Å². The lowest BCUT2D eigenvalue weighted by Crippen LogP contribution is -2.02. The highest BCUT2D eigenvalue weighted by Gasteiger charge is 2.38. The molecule has 1 aliphatic rings. The number of halogens is 1. The van der Waals surface area contributed by atoms with Crippen LogP contribution in [0.3, 0.4) is 0 Å². The Balaban J connectivity index is 2.27. The summed E-state index contributed by atoms with van der Waals surface area (Å²) in [5.41, 5.74) is 6.93. The van der Waals surface area contributed by atoms with E-state index in [-0.39, 0.29) is 0 Å². The standard InChI is InChI=1S/C11H14BrNO/c1-14-11-3-2-8(12)5-10(11)9-4-7(9)6-13/h2-3,5,7,9H,4,6,13H2,1H3. The molecule has 2 N–H and O–H groups in total. The molecule has 14 heavy (non-hydrogen) atoms. The molecule has 1 aromatic carbocycles. The van der Waals surface area contributed by atoms with Gasteiger partial charge in [0.2, 0.25) is 0 Å². The Morgan fingerprint density at radius 1 is 1.57 bits per heavy atom. The first-order valence-corrected chi connectivity index (χ1v) is 5.59. The largest absolute Gasteiger partial charge is 0.496 e. The lowest BCUT2D eigenvalue weighted by Gasteiger charge is -2.08. The lowest BCUT2D eigenvalue weighted by molar-refractivity contribution is 0.409. The van der Waals surface area contributed by atoms with Crippen LogP contribution in [0.25, 0.3) is 0 Å². The number of methoxy groups -OCH3 is 1. The first-order valence-electron chi connectivity index (χ1n) is 4.79. The summed E-state index contributed by atoms with van der Waals surface area (Å²) in [5.74, 6) is 2.24. The van der Waals surface area contributed by atoms with E-state index >= 15 is 0 Å². The summed E-state index contributed by atoms with van der Waals surface area (Å²) in [6.45, 7) is 0.778. The maximum atomic E-state index is 5.64. The van der Waals surface area contributed by atoms with Gasteiger partial charge in [-0.2, -0.15) is 0 Å². The Bertz CT molecular complexity index is 340. The van der Waals surface area contributed by atoms with Crippen LogP contribution < -0.4 is 10.5 Å². The molecule has 0 spiro atoms. The first kappa shape index (κ1) is 9.99. The minimum Gasteiger partial charge on any atom is -0.496 e. The lowest BCUT2D eigenvalue weighted by atomic mass is 10.1. The van der Waals surface area contributed by atoms with Crippen LogP contribution in [0, 0.1) is 5.92 Å². The molecule has 2 nitrogen and oxygen atoms in total. The fraction of sp³-hybridized carbons (Fsp3) is 0.455. The van der Waals surface area contributed by atoms with Gasteiger partial charge in [-0.3, -0.25) is 0 Å². The van der Waals surface area contributed by atoms with Crippen LogP contribution in [0.5, 0.6) is 5.75 Å². The number of hydrogen-bond donors (Lipinski definition) is 1. The molecule has 0 amide bonds. The molecular weight excluding hydrogens is 242 g/mol. The van der Waals surface area contributed by atoms with Crippen molar-refractivity contribution < 1.29 is 4.74 Å². The van der Waals surface area contributed by atoms with Crippen LogP contribution in [-0.2, 0) is 0 Å². The molecule has 1 aromatic rings. The van der Waals surface area contributed by atoms with Crippen molar-refractivity contribution in [1.29, 1.82) is 0 Å². The zero-order valence-corrected chi connectivity index (χ0v) is 9.75. The van der Waals surface area contributed by atoms with Gasteiger partial charge in [-0.15, -0.1) is 0 Å². The van der Waals surface area contributed by atoms with Crippen LogP contribution in [0.4, 0.5) is 0 Å². The second kappa shape index (κ2) is 3.91. The van der Waals surface area contributed by atoms with Gasteiger partial charge >= 0.3 is 0 Å². The van der Waals surface area contributed by atoms with Crippen molar-refractivity contribution in [3.63, 3.8) is 0 Å². The van der Waals surface area contributed by atoms with Crippen molar-refractivity contribution in [3.05, 3.63) is 28.2 Å². The topological polar surface area (TPSA) is 35.2 Å². The summed E-state index contributed by atoms with van der Waals surface area (Å²) in [7, 11) is 1.71. The second-order valence-electron chi connectivity index (χ2n) is 3.72. The fourth-order valence-electron chi connectivity index (χ4n) is 1.88. The molecule has 3 heteroatoms. The van der Waals surface area contributed by atoms with E-state index < -0.39 is 0 Å². The van der Waals surface area contributed by atoms with Gasteiger partial charge < -0.3 is 10.5 Å². The van der Waals surface area contributed by atoms with Crippen LogP contribution in [0.2, 0.25) is 0 Å². The molecule has 0 radical (unpaired) electrons. The van der Waals surface area contributed by atoms with Gasteiger partial charge in [0.05, 0.1) is 7.11 Å². The molecule has 1 aliphatic carbocycles. The molecule has 0 bridgehead atoms. The smallest absolute Gasteiger partial charge is 0.122 e. The Morgan fingerprint density at radius 2 is 2.36 bits per heavy atom. The normalized spacial score (nSPS) is 24.8. The Kier molecular flexibility index (Phi) is 2.79. The summed E-state index contributed by atoms with van der Waals surface area (Å²) in [4.78, 5) is 0. The highest BCUT2D eigenvalue weighted by atomic mass is 79.9. The highest BCUT2D eigenvalue weighted by molar-refractivity contribution is 9.10. The second-order valence-corrected chi connectivity index (χ2v) is 4.64. The maximum Gasteiger partial charge on any atom is 0.122 e. The third kappa shape index (κ3) is 1.79. The molecule has 2 rings (SSSR count). The van der Waals surface area contributed by atoms with Crippen molar-refractivity contribution in [1.82, 2.24) is 0 Å². The molecule has 0 aromatic heterocycles. The van der Waals surface area contributed by atoms with Crippen LogP contribution in [0.15, 0.2) is 22.7 Å². The summed E-state index contributed by atoms with van der Waals surface area (Å²) < 4.78 is 6.44. The quantitative estimate of drug-likeness (QED) is 0.901. The van der Waals surface area contributed by atoms with Crippen molar-refractivity contribution in [2.45, 2.75) is 12.3 Å². The summed E-state index contributed by atoms with van der Waals surface area (Å²) in [5, 5.41) is 0. The molecule has 1 fully saturated rings. The predicted octanol–water partition coefficient (Wildman–Crippen LogP) is 2.52. The fourth-order valence-corrected chi connectivity index (χ4v) is 2.26. The van der Waals surface area contributed by atoms with Gasteiger partial charge in [-0.05, 0) is 48.6 Å². The van der Waals surface area contributed by atoms with Crippen molar-refractivity contribution in [3.8, 4) is 5.75 Å². The van der Waals surface area contributed by atoms with E-state index in [4.69, 9.17) is 10.5 Å². The highest BCUT2D eigenvalue weighted by Crippen LogP contribution is 2.50. The molecule has 0 saturated heterocycles. The average molecular weight is 256 g/mol. The monoisotopic (exact) mass is 255 g/mol. The minimum atomic E-state index is 0.604. The Hall–Kier alpha value is -0.540. The molecule has 0 aliphatic heterocycles. The van der Waals surface area contributed by atoms with E-state index in [1.54, 1.807) is 7.11 Å². The maximum absolute atomic E-state index is 5.64. The van der Waals surface area contributed by atoms with Gasteiger partial charge in [0.25, 0.3) is 0 Å². The van der Waals surface area contributed by atoms with Crippen molar-refractivity contribution in [2.75, 3.05) is 13.7 Å². The van der Waals surface area contributed by atoms with Crippen LogP contribution in [0.1, 0.15) is 17.9 Å². The van der Waals surface area contributed by atoms with E-state index in [2.05, 4.69) is 22.0 Å². The molecule has 0 heterocycles. The SMILES string of the molecule is COc1ccc(Br)cc1C1CC1CN. The van der Waals surface area contributed by atoms with Crippen LogP contribution in [-0.4, -0.2) is 13.7 Å². The van der Waals surface area contributed by atoms with Crippen LogP contribution >= 0.6 is 15.9 Å². The van der Waals surface area contributed by atoms with Gasteiger partial charge in [0, 0.05) is 4.47 Å². The average Bonchev–Trinajstić information content (AvgIpc) is 2.96. The predicted molar refractivity (Wildman–Crippen MR) is 60.6 cm³/mol. The number of rotatable bonds is 3. The molecular formula is C11H14BrNO. The molecule has 1 saturated carbocycles. The Morgan fingerprint density at radius 3 is 2.93 bits per heavy atom. The molecule has 2 unspecified atom stereocenters. The summed E-state index contributed by atoms with van der Waals surface area (Å²) in [6.07, 6.45) is 1.20. The third-order valence-corrected chi connectivity index (χ3v) is 3.31. The Labute approximate surface area is 92.6 Å². The number of hydrogen-bond acceptors (Lipinski definition) is 2. The van der Waals surface area contributed by atoms with Gasteiger partial charge in [-0.25, -0.2) is 0 Å². The van der Waals surface area contributed by atoms with E-state index in [9.17, 15) is 0 Å². The molecule has 76 valence electrons. The van der Waals surface area contributed by atoms with Crippen molar-refractivity contribution in [2.24, 2.45) is 11.7 Å². The van der Waals surface area contributed by atoms with E-state index in [0.29, 0.717) is 11.8 Å². The third-order valence-electron chi connectivity index (χ3n) is 2.82. The summed E-state index contributed by atoms with van der Waals surface area (Å²) >= 11 is 3.48. The van der Waals surface area contributed by atoms with E-state index in [1.165, 1.54) is 12.0 Å². The van der Waals surface area contributed by atoms with Crippen molar-refractivity contribution >= 4 is 15.9 Å². The van der Waals surface area contributed by atoms with E-state index in [1.807, 2.05) is 12.1 Å². The van der Waals surface area contributed by atoms with Gasteiger partial charge in [0.15, 0.2) is 0 Å². The van der Waals surface area contributed by atoms with Gasteiger partial charge in [-0.1, -0.05) is 15.9 Å².